The smallest absolute Gasteiger partial charge is 0.271 e. The Balaban J connectivity index is 1.30. The number of phenols is 1. The molecule has 1 fully saturated rings. The number of carbonyl (C=O) groups excluding carboxylic acids is 1. The van der Waals surface area contributed by atoms with Gasteiger partial charge in [0.1, 0.15) is 23.9 Å². The summed E-state index contributed by atoms with van der Waals surface area (Å²) in [6.07, 6.45) is 2.50. The molecule has 8 nitrogen and oxygen atoms in total. The highest BCUT2D eigenvalue weighted by atomic mass is 35.5. The first-order valence-electron chi connectivity index (χ1n) is 12.1. The Morgan fingerprint density at radius 1 is 1.22 bits per heavy atom. The summed E-state index contributed by atoms with van der Waals surface area (Å²) in [6, 6.07) is 20.7. The molecular formula is C28H31ClN4O4. The summed E-state index contributed by atoms with van der Waals surface area (Å²) >= 11 is 5.86. The lowest BCUT2D eigenvalue weighted by molar-refractivity contribution is 0.0955. The Labute approximate surface area is 221 Å². The Morgan fingerprint density at radius 2 is 2.05 bits per heavy atom. The van der Waals surface area contributed by atoms with Crippen LogP contribution in [0.1, 0.15) is 21.5 Å². The van der Waals surface area contributed by atoms with E-state index < -0.39 is 5.91 Å². The number of hydrazone groups is 1. The number of amides is 1. The third-order valence-corrected chi connectivity index (χ3v) is 6.52. The van der Waals surface area contributed by atoms with Gasteiger partial charge in [-0.1, -0.05) is 41.9 Å². The number of benzene rings is 3. The third-order valence-electron chi connectivity index (χ3n) is 6.22. The van der Waals surface area contributed by atoms with E-state index in [0.717, 1.165) is 32.6 Å². The van der Waals surface area contributed by atoms with Gasteiger partial charge in [0.2, 0.25) is 0 Å². The van der Waals surface area contributed by atoms with Gasteiger partial charge in [0.15, 0.2) is 0 Å². The summed E-state index contributed by atoms with van der Waals surface area (Å²) < 4.78 is 11.5. The van der Waals surface area contributed by atoms with Gasteiger partial charge in [-0.25, -0.2) is 5.43 Å². The van der Waals surface area contributed by atoms with Gasteiger partial charge in [-0.05, 0) is 42.3 Å². The quantitative estimate of drug-likeness (QED) is 0.277. The van der Waals surface area contributed by atoms with Gasteiger partial charge < -0.3 is 19.9 Å². The zero-order valence-electron chi connectivity index (χ0n) is 20.7. The highest BCUT2D eigenvalue weighted by molar-refractivity contribution is 6.32. The molecule has 1 unspecified atom stereocenters. The van der Waals surface area contributed by atoms with Crippen LogP contribution in [0.15, 0.2) is 71.8 Å². The Kier molecular flexibility index (Phi) is 9.37. The molecule has 0 aromatic heterocycles. The van der Waals surface area contributed by atoms with E-state index in [2.05, 4.69) is 45.0 Å². The minimum Gasteiger partial charge on any atom is -0.506 e. The number of piperazine rings is 1. The van der Waals surface area contributed by atoms with Crippen molar-refractivity contribution in [3.63, 3.8) is 0 Å². The van der Waals surface area contributed by atoms with Crippen molar-refractivity contribution in [2.75, 3.05) is 39.9 Å². The number of rotatable bonds is 10. The predicted octanol–water partition coefficient (Wildman–Crippen LogP) is 3.71. The number of aromatic hydroxyl groups is 1. The SMILES string of the molecule is COc1cc(OCCN2CCNCC2Cc2ccccc2)ccc1C=NNC(=O)c1ccc(O)c(Cl)c1. The molecule has 0 spiro atoms. The molecule has 3 aromatic carbocycles. The van der Waals surface area contributed by atoms with E-state index in [4.69, 9.17) is 21.1 Å². The molecule has 194 valence electrons. The molecule has 9 heteroatoms. The summed E-state index contributed by atoms with van der Waals surface area (Å²) in [5, 5.41) is 17.1. The molecule has 1 saturated heterocycles. The van der Waals surface area contributed by atoms with Crippen molar-refractivity contribution in [3.05, 3.63) is 88.4 Å². The van der Waals surface area contributed by atoms with E-state index in [0.29, 0.717) is 29.7 Å². The Morgan fingerprint density at radius 3 is 2.84 bits per heavy atom. The maximum Gasteiger partial charge on any atom is 0.271 e. The minimum atomic E-state index is -0.449. The summed E-state index contributed by atoms with van der Waals surface area (Å²) in [5.41, 5.74) is 4.75. The van der Waals surface area contributed by atoms with E-state index in [-0.39, 0.29) is 16.3 Å². The summed E-state index contributed by atoms with van der Waals surface area (Å²) in [5.74, 6) is 0.739. The molecule has 0 aliphatic carbocycles. The van der Waals surface area contributed by atoms with Crippen LogP contribution in [0.4, 0.5) is 0 Å². The molecule has 0 bridgehead atoms. The fraction of sp³-hybridized carbons (Fsp3) is 0.286. The summed E-state index contributed by atoms with van der Waals surface area (Å²) in [4.78, 5) is 14.7. The molecule has 1 aliphatic rings. The van der Waals surface area contributed by atoms with Crippen LogP contribution in [0, 0.1) is 0 Å². The Bertz CT molecular complexity index is 1220. The number of nitrogens with one attached hydrogen (secondary N) is 2. The number of hydrogen-bond acceptors (Lipinski definition) is 7. The number of nitrogens with zero attached hydrogens (tertiary/aromatic N) is 2. The number of carbonyl (C=O) groups is 1. The molecule has 37 heavy (non-hydrogen) atoms. The largest absolute Gasteiger partial charge is 0.506 e. The third kappa shape index (κ3) is 7.45. The zero-order valence-corrected chi connectivity index (χ0v) is 21.4. The molecule has 1 amide bonds. The maximum absolute atomic E-state index is 12.3. The second-order valence-electron chi connectivity index (χ2n) is 8.70. The van der Waals surface area contributed by atoms with Gasteiger partial charge in [-0.3, -0.25) is 9.69 Å². The van der Waals surface area contributed by atoms with Gasteiger partial charge >= 0.3 is 0 Å². The second-order valence-corrected chi connectivity index (χ2v) is 9.11. The number of phenolic OH excluding ortho intramolecular Hbond substituents is 1. The molecule has 1 heterocycles. The van der Waals surface area contributed by atoms with Gasteiger partial charge in [0, 0.05) is 49.4 Å². The molecule has 4 rings (SSSR count). The van der Waals surface area contributed by atoms with E-state index in [1.165, 1.54) is 30.0 Å². The predicted molar refractivity (Wildman–Crippen MR) is 145 cm³/mol. The van der Waals surface area contributed by atoms with E-state index in [9.17, 15) is 9.90 Å². The van der Waals surface area contributed by atoms with Crippen LogP contribution in [0.5, 0.6) is 17.2 Å². The van der Waals surface area contributed by atoms with E-state index >= 15 is 0 Å². The lowest BCUT2D eigenvalue weighted by Crippen LogP contribution is -2.53. The van der Waals surface area contributed by atoms with Gasteiger partial charge in [-0.15, -0.1) is 0 Å². The fourth-order valence-electron chi connectivity index (χ4n) is 4.23. The topological polar surface area (TPSA) is 95.4 Å². The van der Waals surface area contributed by atoms with Gasteiger partial charge in [-0.2, -0.15) is 5.10 Å². The van der Waals surface area contributed by atoms with Crippen LogP contribution in [-0.4, -0.2) is 68.1 Å². The van der Waals surface area contributed by atoms with E-state index in [1.807, 2.05) is 24.3 Å². The van der Waals surface area contributed by atoms with Crippen molar-refractivity contribution < 1.29 is 19.4 Å². The lowest BCUT2D eigenvalue weighted by atomic mass is 10.0. The van der Waals surface area contributed by atoms with Crippen molar-refractivity contribution in [2.45, 2.75) is 12.5 Å². The van der Waals surface area contributed by atoms with Crippen LogP contribution in [0.25, 0.3) is 0 Å². The van der Waals surface area contributed by atoms with Crippen molar-refractivity contribution in [3.8, 4) is 17.2 Å². The molecule has 3 aromatic rings. The number of methoxy groups -OCH3 is 1. The first-order valence-corrected chi connectivity index (χ1v) is 12.5. The van der Waals surface area contributed by atoms with Crippen molar-refractivity contribution in [2.24, 2.45) is 5.10 Å². The van der Waals surface area contributed by atoms with E-state index in [1.54, 1.807) is 7.11 Å². The van der Waals surface area contributed by atoms with Crippen molar-refractivity contribution in [1.82, 2.24) is 15.6 Å². The number of hydrogen-bond donors (Lipinski definition) is 3. The highest BCUT2D eigenvalue weighted by Gasteiger charge is 2.22. The van der Waals surface area contributed by atoms with Crippen LogP contribution in [0.3, 0.4) is 0 Å². The second kappa shape index (κ2) is 13.1. The van der Waals surface area contributed by atoms with Crippen LogP contribution in [-0.2, 0) is 6.42 Å². The fourth-order valence-corrected chi connectivity index (χ4v) is 4.41. The number of halogens is 1. The van der Waals surface area contributed by atoms with Crippen LogP contribution in [0.2, 0.25) is 5.02 Å². The average molecular weight is 523 g/mol. The average Bonchev–Trinajstić information content (AvgIpc) is 2.92. The summed E-state index contributed by atoms with van der Waals surface area (Å²) in [6.45, 7) is 4.32. The minimum absolute atomic E-state index is 0.0892. The molecule has 0 radical (unpaired) electrons. The monoisotopic (exact) mass is 522 g/mol. The normalized spacial score (nSPS) is 16.0. The lowest BCUT2D eigenvalue weighted by Gasteiger charge is -2.36. The number of ether oxygens (including phenoxy) is 2. The molecule has 1 aliphatic heterocycles. The van der Waals surface area contributed by atoms with Gasteiger partial charge in [0.05, 0.1) is 18.3 Å². The Hall–Kier alpha value is -3.59. The highest BCUT2D eigenvalue weighted by Crippen LogP contribution is 2.25. The standard InChI is InChI=1S/C28H31ClN4O4/c1-36-27-17-24(9-7-22(27)18-31-32-28(35)21-8-10-26(34)25(29)16-21)37-14-13-33-12-11-30-19-23(33)15-20-5-3-2-4-6-20/h2-10,16-18,23,30,34H,11-15,19H2,1H3,(H,32,35). The van der Waals surface area contributed by atoms with Crippen LogP contribution >= 0.6 is 11.6 Å². The first kappa shape index (κ1) is 26.5. The first-order chi connectivity index (χ1) is 18.0. The van der Waals surface area contributed by atoms with Gasteiger partial charge in [0.25, 0.3) is 5.91 Å². The van der Waals surface area contributed by atoms with Crippen molar-refractivity contribution in [1.29, 1.82) is 0 Å². The van der Waals surface area contributed by atoms with Crippen molar-refractivity contribution >= 4 is 23.7 Å². The molecule has 3 N–H and O–H groups in total. The molecule has 0 saturated carbocycles. The zero-order chi connectivity index (χ0) is 26.0. The maximum atomic E-state index is 12.3. The molecule has 1 atom stereocenters. The molecular weight excluding hydrogens is 492 g/mol. The summed E-state index contributed by atoms with van der Waals surface area (Å²) in [7, 11) is 1.57. The van der Waals surface area contributed by atoms with Crippen LogP contribution < -0.4 is 20.2 Å².